The molecule has 1 aromatic heterocycles. The molecule has 7 heteroatoms. The fourth-order valence-electron chi connectivity index (χ4n) is 2.33. The quantitative estimate of drug-likeness (QED) is 0.739. The van der Waals surface area contributed by atoms with Gasteiger partial charge in [0.1, 0.15) is 11.6 Å². The van der Waals surface area contributed by atoms with Crippen LogP contribution >= 0.6 is 0 Å². The highest BCUT2D eigenvalue weighted by atomic mass is 19.1. The first-order valence-corrected chi connectivity index (χ1v) is 7.18. The molecule has 3 rings (SSSR count). The number of carbonyl (C=O) groups excluding carboxylic acids is 1. The summed E-state index contributed by atoms with van der Waals surface area (Å²) in [5.41, 5.74) is 1.78. The lowest BCUT2D eigenvalue weighted by Gasteiger charge is -2.20. The van der Waals surface area contributed by atoms with Gasteiger partial charge in [0, 0.05) is 18.7 Å². The van der Waals surface area contributed by atoms with Gasteiger partial charge < -0.3 is 9.64 Å². The molecule has 1 amide bonds. The molecule has 3 aromatic rings. The van der Waals surface area contributed by atoms with Crippen LogP contribution < -0.4 is 9.64 Å². The van der Waals surface area contributed by atoms with E-state index in [0.717, 1.165) is 5.69 Å². The molecule has 0 aliphatic carbocycles. The Morgan fingerprint density at radius 1 is 1.21 bits per heavy atom. The lowest BCUT2D eigenvalue weighted by atomic mass is 10.1. The van der Waals surface area contributed by atoms with Crippen molar-refractivity contribution in [1.29, 1.82) is 0 Å². The van der Waals surface area contributed by atoms with Crippen LogP contribution in [0.2, 0.25) is 0 Å². The predicted octanol–water partition coefficient (Wildman–Crippen LogP) is 2.69. The van der Waals surface area contributed by atoms with Crippen molar-refractivity contribution in [2.75, 3.05) is 19.1 Å². The molecule has 0 bridgehead atoms. The summed E-state index contributed by atoms with van der Waals surface area (Å²) in [7, 11) is 3.05. The molecule has 122 valence electrons. The van der Waals surface area contributed by atoms with Gasteiger partial charge in [0.05, 0.1) is 30.9 Å². The summed E-state index contributed by atoms with van der Waals surface area (Å²) in [5.74, 6) is -0.358. The molecule has 6 nitrogen and oxygen atoms in total. The normalized spacial score (nSPS) is 10.5. The van der Waals surface area contributed by atoms with E-state index in [1.165, 1.54) is 30.2 Å². The number of amides is 1. The number of rotatable bonds is 4. The molecule has 0 spiro atoms. The summed E-state index contributed by atoms with van der Waals surface area (Å²) in [4.78, 5) is 14.1. The number of ether oxygens (including phenoxy) is 1. The molecular formula is C17H15FN4O2. The Bertz CT molecular complexity index is 848. The minimum atomic E-state index is -0.423. The van der Waals surface area contributed by atoms with E-state index in [0.29, 0.717) is 17.0 Å². The van der Waals surface area contributed by atoms with E-state index in [4.69, 9.17) is 4.74 Å². The van der Waals surface area contributed by atoms with Gasteiger partial charge in [-0.25, -0.2) is 9.07 Å². The van der Waals surface area contributed by atoms with Gasteiger partial charge in [-0.05, 0) is 36.4 Å². The van der Waals surface area contributed by atoms with E-state index in [2.05, 4.69) is 10.3 Å². The molecule has 1 heterocycles. The van der Waals surface area contributed by atoms with Crippen molar-refractivity contribution >= 4 is 11.6 Å². The molecule has 2 aromatic carbocycles. The third-order valence-electron chi connectivity index (χ3n) is 3.61. The third-order valence-corrected chi connectivity index (χ3v) is 3.61. The molecule has 0 N–H and O–H groups in total. The maximum Gasteiger partial charge on any atom is 0.258 e. The average molecular weight is 326 g/mol. The first kappa shape index (κ1) is 15.7. The highest BCUT2D eigenvalue weighted by Gasteiger charge is 2.17. The van der Waals surface area contributed by atoms with Gasteiger partial charge in [0.15, 0.2) is 0 Å². The Labute approximate surface area is 138 Å². The van der Waals surface area contributed by atoms with E-state index in [9.17, 15) is 9.18 Å². The van der Waals surface area contributed by atoms with Crippen LogP contribution in [0.15, 0.2) is 54.9 Å². The number of aromatic nitrogens is 3. The van der Waals surface area contributed by atoms with E-state index in [1.807, 2.05) is 0 Å². The number of anilines is 1. The maximum absolute atomic E-state index is 13.3. The lowest BCUT2D eigenvalue weighted by molar-refractivity contribution is 0.0992. The number of hydrogen-bond acceptors (Lipinski definition) is 4. The minimum absolute atomic E-state index is 0.231. The Morgan fingerprint density at radius 3 is 2.58 bits per heavy atom. The van der Waals surface area contributed by atoms with Gasteiger partial charge in [0.2, 0.25) is 0 Å². The number of benzene rings is 2. The lowest BCUT2D eigenvalue weighted by Crippen LogP contribution is -2.26. The largest absolute Gasteiger partial charge is 0.494 e. The van der Waals surface area contributed by atoms with E-state index in [-0.39, 0.29) is 5.91 Å². The summed E-state index contributed by atoms with van der Waals surface area (Å²) in [5, 5.41) is 7.64. The zero-order chi connectivity index (χ0) is 17.1. The standard InChI is InChI=1S/C17H15FN4O2/c1-21(15-8-5-13(18)11-16(15)24-2)17(23)12-3-6-14(7-4-12)22-10-9-19-20-22/h3-11H,1-2H3. The SMILES string of the molecule is COc1cc(F)ccc1N(C)C(=O)c1ccc(-n2ccnn2)cc1. The van der Waals surface area contributed by atoms with Gasteiger partial charge in [0.25, 0.3) is 5.91 Å². The van der Waals surface area contributed by atoms with Crippen LogP contribution in [0.4, 0.5) is 10.1 Å². The Morgan fingerprint density at radius 2 is 1.96 bits per heavy atom. The van der Waals surface area contributed by atoms with Gasteiger partial charge in [-0.15, -0.1) is 5.10 Å². The molecule has 0 saturated carbocycles. The second-order valence-electron chi connectivity index (χ2n) is 5.07. The molecule has 0 radical (unpaired) electrons. The first-order valence-electron chi connectivity index (χ1n) is 7.18. The predicted molar refractivity (Wildman–Crippen MR) is 87.0 cm³/mol. The fourth-order valence-corrected chi connectivity index (χ4v) is 2.33. The van der Waals surface area contributed by atoms with Crippen LogP contribution in [0, 0.1) is 5.82 Å². The number of nitrogens with zero attached hydrogens (tertiary/aromatic N) is 4. The summed E-state index contributed by atoms with van der Waals surface area (Å²) in [6.07, 6.45) is 3.29. The summed E-state index contributed by atoms with van der Waals surface area (Å²) in [6, 6.07) is 11.0. The first-order chi connectivity index (χ1) is 11.6. The van der Waals surface area contributed by atoms with Crippen molar-refractivity contribution in [3.63, 3.8) is 0 Å². The second-order valence-corrected chi connectivity index (χ2v) is 5.07. The average Bonchev–Trinajstić information content (AvgIpc) is 3.15. The highest BCUT2D eigenvalue weighted by Crippen LogP contribution is 2.29. The molecular weight excluding hydrogens is 311 g/mol. The minimum Gasteiger partial charge on any atom is -0.494 e. The summed E-state index contributed by atoms with van der Waals surface area (Å²) in [6.45, 7) is 0. The van der Waals surface area contributed by atoms with E-state index in [1.54, 1.807) is 48.4 Å². The second kappa shape index (κ2) is 6.49. The van der Waals surface area contributed by atoms with Gasteiger partial charge in [-0.1, -0.05) is 5.21 Å². The number of carbonyl (C=O) groups is 1. The zero-order valence-electron chi connectivity index (χ0n) is 13.2. The summed E-state index contributed by atoms with van der Waals surface area (Å²) < 4.78 is 20.1. The van der Waals surface area contributed by atoms with Crippen molar-refractivity contribution < 1.29 is 13.9 Å². The highest BCUT2D eigenvalue weighted by molar-refractivity contribution is 6.06. The molecule has 24 heavy (non-hydrogen) atoms. The third kappa shape index (κ3) is 2.96. The van der Waals surface area contributed by atoms with Crippen LogP contribution in [-0.4, -0.2) is 35.1 Å². The molecule has 0 aliphatic rings. The smallest absolute Gasteiger partial charge is 0.258 e. The van der Waals surface area contributed by atoms with Gasteiger partial charge >= 0.3 is 0 Å². The molecule has 0 unspecified atom stereocenters. The summed E-state index contributed by atoms with van der Waals surface area (Å²) >= 11 is 0. The van der Waals surface area contributed by atoms with E-state index < -0.39 is 5.82 Å². The number of halogens is 1. The van der Waals surface area contributed by atoms with E-state index >= 15 is 0 Å². The fraction of sp³-hybridized carbons (Fsp3) is 0.118. The van der Waals surface area contributed by atoms with Crippen LogP contribution in [0.3, 0.4) is 0 Å². The topological polar surface area (TPSA) is 60.2 Å². The van der Waals surface area contributed by atoms with Crippen LogP contribution in [-0.2, 0) is 0 Å². The monoisotopic (exact) mass is 326 g/mol. The molecule has 0 aliphatic heterocycles. The number of methoxy groups -OCH3 is 1. The van der Waals surface area contributed by atoms with Crippen LogP contribution in [0.1, 0.15) is 10.4 Å². The van der Waals surface area contributed by atoms with Crippen molar-refractivity contribution in [2.24, 2.45) is 0 Å². The van der Waals surface area contributed by atoms with Crippen LogP contribution in [0.5, 0.6) is 5.75 Å². The van der Waals surface area contributed by atoms with Gasteiger partial charge in [-0.3, -0.25) is 4.79 Å². The number of hydrogen-bond donors (Lipinski definition) is 0. The van der Waals surface area contributed by atoms with Crippen molar-refractivity contribution in [3.05, 3.63) is 66.2 Å². The maximum atomic E-state index is 13.3. The molecule has 0 fully saturated rings. The van der Waals surface area contributed by atoms with Crippen molar-refractivity contribution in [3.8, 4) is 11.4 Å². The Balaban J connectivity index is 1.86. The van der Waals surface area contributed by atoms with Gasteiger partial charge in [-0.2, -0.15) is 0 Å². The Kier molecular flexibility index (Phi) is 4.24. The van der Waals surface area contributed by atoms with Crippen molar-refractivity contribution in [2.45, 2.75) is 0 Å². The zero-order valence-corrected chi connectivity index (χ0v) is 13.2. The Hall–Kier alpha value is -3.22. The van der Waals surface area contributed by atoms with Crippen molar-refractivity contribution in [1.82, 2.24) is 15.0 Å². The molecule has 0 saturated heterocycles. The van der Waals surface area contributed by atoms with Crippen LogP contribution in [0.25, 0.3) is 5.69 Å². The molecule has 0 atom stereocenters.